The lowest BCUT2D eigenvalue weighted by Crippen LogP contribution is -2.21. The Morgan fingerprint density at radius 3 is 2.35 bits per heavy atom. The SMILES string of the molecule is N#CC1=C(N)OC2=C(C(=O)c3ccccc32)[C@H]1c1ccccc1. The largest absolute Gasteiger partial charge is 0.439 e. The maximum absolute atomic E-state index is 12.9. The summed E-state index contributed by atoms with van der Waals surface area (Å²) in [6, 6.07) is 18.8. The fraction of sp³-hybridized carbons (Fsp3) is 0.0526. The molecular formula is C19H12N2O2. The van der Waals surface area contributed by atoms with Crippen LogP contribution in [-0.2, 0) is 4.74 Å². The number of nitriles is 1. The Morgan fingerprint density at radius 1 is 1.00 bits per heavy atom. The lowest BCUT2D eigenvalue weighted by Gasteiger charge is -2.25. The molecular weight excluding hydrogens is 288 g/mol. The van der Waals surface area contributed by atoms with Crippen LogP contribution in [0.2, 0.25) is 0 Å². The van der Waals surface area contributed by atoms with Gasteiger partial charge in [0.1, 0.15) is 17.4 Å². The van der Waals surface area contributed by atoms with Crippen LogP contribution in [0.5, 0.6) is 0 Å². The van der Waals surface area contributed by atoms with E-state index in [1.54, 1.807) is 6.07 Å². The summed E-state index contributed by atoms with van der Waals surface area (Å²) in [4.78, 5) is 12.9. The number of ketones is 1. The van der Waals surface area contributed by atoms with Crippen molar-refractivity contribution in [3.8, 4) is 6.07 Å². The Hall–Kier alpha value is -3.32. The molecule has 1 atom stereocenters. The molecule has 0 radical (unpaired) electrons. The van der Waals surface area contributed by atoms with Gasteiger partial charge in [-0.25, -0.2) is 0 Å². The Bertz CT molecular complexity index is 933. The van der Waals surface area contributed by atoms with E-state index in [0.29, 0.717) is 16.9 Å². The average molecular weight is 300 g/mol. The summed E-state index contributed by atoms with van der Waals surface area (Å²) in [6.07, 6.45) is 0. The maximum atomic E-state index is 12.9. The van der Waals surface area contributed by atoms with Gasteiger partial charge in [0.2, 0.25) is 5.88 Å². The zero-order valence-electron chi connectivity index (χ0n) is 12.1. The number of benzene rings is 2. The fourth-order valence-corrected chi connectivity index (χ4v) is 3.19. The zero-order valence-corrected chi connectivity index (χ0v) is 12.1. The molecule has 4 nitrogen and oxygen atoms in total. The topological polar surface area (TPSA) is 76.1 Å². The first-order valence-corrected chi connectivity index (χ1v) is 7.23. The van der Waals surface area contributed by atoms with Crippen molar-refractivity contribution in [1.29, 1.82) is 5.26 Å². The van der Waals surface area contributed by atoms with Gasteiger partial charge in [0.25, 0.3) is 0 Å². The van der Waals surface area contributed by atoms with Crippen molar-refractivity contribution in [2.45, 2.75) is 5.92 Å². The molecule has 0 spiro atoms. The molecule has 1 heterocycles. The number of allylic oxidation sites excluding steroid dienone is 2. The molecule has 0 unspecified atom stereocenters. The molecule has 0 fully saturated rings. The average Bonchev–Trinajstić information content (AvgIpc) is 2.87. The molecule has 2 aromatic rings. The van der Waals surface area contributed by atoms with Crippen LogP contribution in [0.1, 0.15) is 27.4 Å². The summed E-state index contributed by atoms with van der Waals surface area (Å²) in [5.74, 6) is -0.0740. The Kier molecular flexibility index (Phi) is 2.82. The number of hydrogen-bond donors (Lipinski definition) is 1. The molecule has 0 saturated heterocycles. The van der Waals surface area contributed by atoms with E-state index in [9.17, 15) is 10.1 Å². The van der Waals surface area contributed by atoms with Crippen LogP contribution in [0.25, 0.3) is 5.76 Å². The van der Waals surface area contributed by atoms with Crippen molar-refractivity contribution in [3.05, 3.63) is 88.3 Å². The highest BCUT2D eigenvalue weighted by molar-refractivity contribution is 6.21. The number of nitrogens with zero attached hydrogens (tertiary/aromatic N) is 1. The van der Waals surface area contributed by atoms with Crippen molar-refractivity contribution in [2.75, 3.05) is 0 Å². The predicted octanol–water partition coefficient (Wildman–Crippen LogP) is 3.10. The predicted molar refractivity (Wildman–Crippen MR) is 84.8 cm³/mol. The van der Waals surface area contributed by atoms with Gasteiger partial charge in [0.05, 0.1) is 11.5 Å². The minimum Gasteiger partial charge on any atom is -0.439 e. The van der Waals surface area contributed by atoms with Gasteiger partial charge in [0.15, 0.2) is 5.78 Å². The Balaban J connectivity index is 1.97. The highest BCUT2D eigenvalue weighted by Crippen LogP contribution is 2.47. The molecule has 23 heavy (non-hydrogen) atoms. The number of carbonyl (C=O) groups is 1. The first-order chi connectivity index (χ1) is 11.2. The molecule has 2 aromatic carbocycles. The summed E-state index contributed by atoms with van der Waals surface area (Å²) in [5.41, 5.74) is 8.90. The monoisotopic (exact) mass is 300 g/mol. The number of hydrogen-bond acceptors (Lipinski definition) is 4. The summed E-state index contributed by atoms with van der Waals surface area (Å²) < 4.78 is 5.66. The standard InChI is InChI=1S/C19H12N2O2/c20-10-14-15(11-6-2-1-3-7-11)16-17(22)12-8-4-5-9-13(12)18(16)23-19(14)21/h1-9,15H,21H2/t15-/m0/s1. The summed E-state index contributed by atoms with van der Waals surface area (Å²) in [5, 5.41) is 9.51. The molecule has 0 aromatic heterocycles. The Labute approximate surface area is 133 Å². The van der Waals surface area contributed by atoms with E-state index in [1.807, 2.05) is 48.5 Å². The van der Waals surface area contributed by atoms with E-state index in [0.717, 1.165) is 11.1 Å². The number of carbonyl (C=O) groups excluding carboxylic acids is 1. The quantitative estimate of drug-likeness (QED) is 0.878. The van der Waals surface area contributed by atoms with Crippen molar-refractivity contribution in [3.63, 3.8) is 0 Å². The zero-order chi connectivity index (χ0) is 16.0. The van der Waals surface area contributed by atoms with E-state index < -0.39 is 5.92 Å². The number of Topliss-reactive ketones (excluding diaryl/α,β-unsaturated/α-hetero) is 1. The van der Waals surface area contributed by atoms with Crippen molar-refractivity contribution >= 4 is 11.5 Å². The van der Waals surface area contributed by atoms with Crippen molar-refractivity contribution in [2.24, 2.45) is 5.73 Å². The van der Waals surface area contributed by atoms with Crippen LogP contribution >= 0.6 is 0 Å². The first kappa shape index (κ1) is 13.4. The van der Waals surface area contributed by atoms with E-state index in [2.05, 4.69) is 6.07 Å². The molecule has 110 valence electrons. The van der Waals surface area contributed by atoms with Gasteiger partial charge in [0, 0.05) is 11.1 Å². The van der Waals surface area contributed by atoms with Crippen LogP contribution < -0.4 is 5.73 Å². The van der Waals surface area contributed by atoms with E-state index in [4.69, 9.17) is 10.5 Å². The van der Waals surface area contributed by atoms with Gasteiger partial charge in [-0.1, -0.05) is 54.6 Å². The van der Waals surface area contributed by atoms with Gasteiger partial charge in [-0.15, -0.1) is 0 Å². The lowest BCUT2D eigenvalue weighted by molar-refractivity contribution is 0.103. The van der Waals surface area contributed by atoms with Gasteiger partial charge in [-0.05, 0) is 5.56 Å². The van der Waals surface area contributed by atoms with Crippen LogP contribution in [0.3, 0.4) is 0 Å². The maximum Gasteiger partial charge on any atom is 0.205 e. The molecule has 1 aliphatic carbocycles. The summed E-state index contributed by atoms with van der Waals surface area (Å²) in [7, 11) is 0. The third-order valence-corrected chi connectivity index (χ3v) is 4.21. The smallest absolute Gasteiger partial charge is 0.205 e. The fourth-order valence-electron chi connectivity index (χ4n) is 3.19. The Morgan fingerprint density at radius 2 is 1.65 bits per heavy atom. The third kappa shape index (κ3) is 1.80. The van der Waals surface area contributed by atoms with Crippen LogP contribution in [0.4, 0.5) is 0 Å². The number of nitrogens with two attached hydrogens (primary N) is 1. The number of rotatable bonds is 1. The van der Waals surface area contributed by atoms with E-state index >= 15 is 0 Å². The van der Waals surface area contributed by atoms with Gasteiger partial charge in [-0.2, -0.15) is 5.26 Å². The third-order valence-electron chi connectivity index (χ3n) is 4.21. The van der Waals surface area contributed by atoms with Gasteiger partial charge in [-0.3, -0.25) is 4.79 Å². The number of fused-ring (bicyclic) bond motifs is 2. The molecule has 2 N–H and O–H groups in total. The summed E-state index contributed by atoms with van der Waals surface area (Å²) in [6.45, 7) is 0. The number of ether oxygens (including phenoxy) is 1. The minimum atomic E-state index is -0.496. The second kappa shape index (κ2) is 4.85. The van der Waals surface area contributed by atoms with Crippen LogP contribution in [0, 0.1) is 11.3 Å². The second-order valence-corrected chi connectivity index (χ2v) is 5.45. The minimum absolute atomic E-state index is 0.0598. The molecule has 1 aliphatic heterocycles. The molecule has 0 saturated carbocycles. The highest BCUT2D eigenvalue weighted by Gasteiger charge is 2.42. The molecule has 2 aliphatic rings. The normalized spacial score (nSPS) is 19.1. The van der Waals surface area contributed by atoms with E-state index in [-0.39, 0.29) is 17.2 Å². The van der Waals surface area contributed by atoms with Crippen LogP contribution in [0.15, 0.2) is 71.6 Å². The van der Waals surface area contributed by atoms with Crippen molar-refractivity contribution in [1.82, 2.24) is 0 Å². The van der Waals surface area contributed by atoms with E-state index in [1.165, 1.54) is 0 Å². The molecule has 4 rings (SSSR count). The van der Waals surface area contributed by atoms with Crippen LogP contribution in [-0.4, -0.2) is 5.78 Å². The molecule has 0 amide bonds. The first-order valence-electron chi connectivity index (χ1n) is 7.23. The second-order valence-electron chi connectivity index (χ2n) is 5.45. The van der Waals surface area contributed by atoms with Crippen molar-refractivity contribution < 1.29 is 9.53 Å². The van der Waals surface area contributed by atoms with Gasteiger partial charge >= 0.3 is 0 Å². The highest BCUT2D eigenvalue weighted by atomic mass is 16.5. The molecule has 0 bridgehead atoms. The molecule has 4 heteroatoms. The van der Waals surface area contributed by atoms with Gasteiger partial charge < -0.3 is 10.5 Å². The lowest BCUT2D eigenvalue weighted by atomic mass is 9.82. The summed E-state index contributed by atoms with van der Waals surface area (Å²) >= 11 is 0.